The lowest BCUT2D eigenvalue weighted by molar-refractivity contribution is 0.0460. The Morgan fingerprint density at radius 1 is 1.11 bits per heavy atom. The van der Waals surface area contributed by atoms with E-state index in [4.69, 9.17) is 21.1 Å². The van der Waals surface area contributed by atoms with E-state index >= 15 is 0 Å². The van der Waals surface area contributed by atoms with E-state index in [9.17, 15) is 18.9 Å². The van der Waals surface area contributed by atoms with Gasteiger partial charge in [-0.15, -0.1) is 13.2 Å². The molecule has 1 unspecified atom stereocenters. The Labute approximate surface area is 330 Å². The fourth-order valence-corrected chi connectivity index (χ4v) is 10.2. The van der Waals surface area contributed by atoms with Gasteiger partial charge in [-0.2, -0.15) is 9.36 Å². The van der Waals surface area contributed by atoms with E-state index in [1.165, 1.54) is 11.1 Å². The summed E-state index contributed by atoms with van der Waals surface area (Å²) in [5, 5.41) is 10.8. The van der Waals surface area contributed by atoms with E-state index in [1.807, 2.05) is 43.3 Å². The highest BCUT2D eigenvalue weighted by Crippen LogP contribution is 2.46. The third-order valence-electron chi connectivity index (χ3n) is 11.8. The highest BCUT2D eigenvalue weighted by molar-refractivity contribution is 8.07. The van der Waals surface area contributed by atoms with Crippen LogP contribution in [0.15, 0.2) is 101 Å². The number of hydrogen-bond acceptors (Lipinski definition) is 7. The zero-order valence-electron chi connectivity index (χ0n) is 31.9. The average Bonchev–Trinajstić information content (AvgIpc) is 3.32. The van der Waals surface area contributed by atoms with E-state index in [0.29, 0.717) is 36.9 Å². The standard InChI is InChI=1S/C44H52ClN3O6S/c1-6-12-29(3)31(5)55(52,28-46-43(51)54-30(4)32-13-9-8-10-14-32)47-42(50)34-17-21-41-39(24-34)48(25-35-16-19-37(35)40(49)7-2)26-44(27-53-41)22-11-15-33-23-36(45)18-20-38(33)44/h6-10,13-14,17-18,20-21,23-24,28-31,35,37,40,49H,1-2,11-12,15-16,19,22,25-27H2,3-5H3/b46-28-/t29-,30-,31+,35-,37+,40-,44-,55?/m0/s1. The highest BCUT2D eigenvalue weighted by atomic mass is 35.5. The third kappa shape index (κ3) is 8.92. The summed E-state index contributed by atoms with van der Waals surface area (Å²) in [6.07, 6.45) is 6.47. The molecule has 3 aromatic rings. The summed E-state index contributed by atoms with van der Waals surface area (Å²) in [6, 6.07) is 20.6. The zero-order chi connectivity index (χ0) is 39.3. The first kappa shape index (κ1) is 40.4. The fraction of sp³-hybridized carbons (Fsp3) is 0.432. The first-order chi connectivity index (χ1) is 26.4. The van der Waals surface area contributed by atoms with Crippen LogP contribution in [0.1, 0.15) is 86.0 Å². The summed E-state index contributed by atoms with van der Waals surface area (Å²) < 4.78 is 31.1. The molecular weight excluding hydrogens is 734 g/mol. The molecule has 292 valence electrons. The maximum atomic E-state index is 14.7. The molecule has 3 aromatic carbocycles. The van der Waals surface area contributed by atoms with Gasteiger partial charge < -0.3 is 19.5 Å². The Kier molecular flexibility index (Phi) is 12.7. The normalized spacial score (nSPS) is 23.7. The number of aliphatic hydroxyl groups is 1. The SMILES string of the molecule is C=CC[C@H](C)[C@@H](C)S(=O)(/C=N\C(=O)O[C@@H](C)c1ccccc1)=NC(=O)c1ccc2c(c1)N(C[C@@H]1CC[C@H]1[C@@H](O)C=C)C[C@@]1(CCCc3cc(Cl)ccc31)CO2. The minimum atomic E-state index is -3.52. The summed E-state index contributed by atoms with van der Waals surface area (Å²) in [7, 11) is -3.52. The second-order valence-corrected chi connectivity index (χ2v) is 18.2. The number of anilines is 1. The number of benzene rings is 3. The number of aryl methyl sites for hydroxylation is 1. The maximum absolute atomic E-state index is 14.7. The van der Waals surface area contributed by atoms with Gasteiger partial charge in [-0.25, -0.2) is 9.00 Å². The third-order valence-corrected chi connectivity index (χ3v) is 14.5. The number of hydrogen-bond donors (Lipinski definition) is 1. The van der Waals surface area contributed by atoms with Gasteiger partial charge in [0.2, 0.25) is 0 Å². The zero-order valence-corrected chi connectivity index (χ0v) is 33.5. The van der Waals surface area contributed by atoms with Crippen LogP contribution < -0.4 is 9.64 Å². The Hall–Kier alpha value is -4.25. The topological polar surface area (TPSA) is 118 Å². The second-order valence-electron chi connectivity index (χ2n) is 15.4. The molecule has 1 fully saturated rings. The first-order valence-corrected chi connectivity index (χ1v) is 21.2. The number of ether oxygens (including phenoxy) is 2. The maximum Gasteiger partial charge on any atom is 0.434 e. The molecule has 0 bridgehead atoms. The number of aliphatic hydroxyl groups excluding tert-OH is 1. The number of carbonyl (C=O) groups is 2. The predicted molar refractivity (Wildman–Crippen MR) is 221 cm³/mol. The molecule has 1 saturated carbocycles. The van der Waals surface area contributed by atoms with Crippen molar-refractivity contribution < 1.29 is 28.4 Å². The molecular formula is C44H52ClN3O6S. The van der Waals surface area contributed by atoms with Crippen molar-refractivity contribution in [3.8, 4) is 5.75 Å². The molecule has 11 heteroatoms. The number of halogens is 1. The molecule has 0 saturated heterocycles. The molecule has 9 nitrogen and oxygen atoms in total. The molecule has 1 spiro atoms. The monoisotopic (exact) mass is 785 g/mol. The molecule has 0 radical (unpaired) electrons. The minimum absolute atomic E-state index is 0.0868. The Bertz CT molecular complexity index is 2060. The lowest BCUT2D eigenvalue weighted by atomic mass is 9.68. The van der Waals surface area contributed by atoms with Crippen molar-refractivity contribution in [1.82, 2.24) is 0 Å². The molecule has 6 rings (SSSR count). The summed E-state index contributed by atoms with van der Waals surface area (Å²) in [5.74, 6) is 0.0563. The number of aliphatic imine (C=N–C) groups is 1. The molecule has 8 atom stereocenters. The van der Waals surface area contributed by atoms with Crippen LogP contribution in [-0.4, -0.2) is 57.9 Å². The molecule has 2 amide bonds. The summed E-state index contributed by atoms with van der Waals surface area (Å²) in [4.78, 5) is 33.2. The number of rotatable bonds is 12. The van der Waals surface area contributed by atoms with Gasteiger partial charge in [0.05, 0.1) is 28.1 Å². The number of fused-ring (bicyclic) bond motifs is 3. The molecule has 1 aliphatic heterocycles. The van der Waals surface area contributed by atoms with Gasteiger partial charge in [0.25, 0.3) is 5.91 Å². The quantitative estimate of drug-likeness (QED) is 0.110. The summed E-state index contributed by atoms with van der Waals surface area (Å²) >= 11 is 6.45. The van der Waals surface area contributed by atoms with Gasteiger partial charge >= 0.3 is 6.09 Å². The van der Waals surface area contributed by atoms with Gasteiger partial charge in [-0.05, 0) is 117 Å². The Morgan fingerprint density at radius 3 is 2.60 bits per heavy atom. The van der Waals surface area contributed by atoms with Crippen molar-refractivity contribution in [2.24, 2.45) is 27.1 Å². The van der Waals surface area contributed by atoms with Crippen LogP contribution in [-0.2, 0) is 26.3 Å². The van der Waals surface area contributed by atoms with Crippen LogP contribution in [0.2, 0.25) is 5.02 Å². The fourth-order valence-electron chi connectivity index (χ4n) is 8.24. The van der Waals surface area contributed by atoms with Crippen molar-refractivity contribution in [2.45, 2.75) is 82.2 Å². The van der Waals surface area contributed by atoms with E-state index in [1.54, 1.807) is 44.2 Å². The summed E-state index contributed by atoms with van der Waals surface area (Å²) in [6.45, 7) is 14.8. The Morgan fingerprint density at radius 2 is 1.89 bits per heavy atom. The largest absolute Gasteiger partial charge is 0.490 e. The van der Waals surface area contributed by atoms with Crippen LogP contribution in [0.4, 0.5) is 10.5 Å². The molecule has 55 heavy (non-hydrogen) atoms. The number of amides is 2. The van der Waals surface area contributed by atoms with E-state index in [-0.39, 0.29) is 28.7 Å². The lowest BCUT2D eigenvalue weighted by Crippen LogP contribution is -2.49. The van der Waals surface area contributed by atoms with E-state index < -0.39 is 39.2 Å². The lowest BCUT2D eigenvalue weighted by Gasteiger charge is -2.45. The van der Waals surface area contributed by atoms with Gasteiger partial charge in [0.1, 0.15) is 17.4 Å². The van der Waals surface area contributed by atoms with E-state index in [0.717, 1.165) is 48.9 Å². The van der Waals surface area contributed by atoms with Crippen molar-refractivity contribution in [1.29, 1.82) is 0 Å². The molecule has 1 heterocycles. The number of allylic oxidation sites excluding steroid dienone is 1. The molecule has 1 N–H and O–H groups in total. The molecule has 0 aromatic heterocycles. The van der Waals surface area contributed by atoms with Crippen LogP contribution in [0.5, 0.6) is 5.75 Å². The van der Waals surface area contributed by atoms with Crippen molar-refractivity contribution in [3.63, 3.8) is 0 Å². The minimum Gasteiger partial charge on any atom is -0.490 e. The van der Waals surface area contributed by atoms with Crippen LogP contribution >= 0.6 is 11.6 Å². The first-order valence-electron chi connectivity index (χ1n) is 19.2. The van der Waals surface area contributed by atoms with Crippen molar-refractivity contribution >= 4 is 44.6 Å². The average molecular weight is 786 g/mol. The van der Waals surface area contributed by atoms with Crippen molar-refractivity contribution in [2.75, 3.05) is 24.6 Å². The van der Waals surface area contributed by atoms with E-state index in [2.05, 4.69) is 39.5 Å². The highest BCUT2D eigenvalue weighted by Gasteiger charge is 2.44. The predicted octanol–water partition coefficient (Wildman–Crippen LogP) is 9.52. The Balaban J connectivity index is 1.35. The summed E-state index contributed by atoms with van der Waals surface area (Å²) in [5.41, 5.74) is 4.88. The second kappa shape index (κ2) is 17.3. The van der Waals surface area contributed by atoms with Gasteiger partial charge in [-0.1, -0.05) is 67.1 Å². The molecule has 2 aliphatic carbocycles. The smallest absolute Gasteiger partial charge is 0.434 e. The number of nitrogens with zero attached hydrogens (tertiary/aromatic N) is 3. The van der Waals surface area contributed by atoms with Gasteiger partial charge in [0.15, 0.2) is 0 Å². The van der Waals surface area contributed by atoms with Crippen LogP contribution in [0.25, 0.3) is 0 Å². The van der Waals surface area contributed by atoms with Gasteiger partial charge in [0, 0.05) is 34.3 Å². The van der Waals surface area contributed by atoms with Crippen LogP contribution in [0.3, 0.4) is 0 Å². The van der Waals surface area contributed by atoms with Crippen molar-refractivity contribution in [3.05, 3.63) is 119 Å². The van der Waals surface area contributed by atoms with Crippen LogP contribution in [0, 0.1) is 17.8 Å². The van der Waals surface area contributed by atoms with Gasteiger partial charge in [-0.3, -0.25) is 4.79 Å². The molecule has 3 aliphatic rings. The number of carbonyl (C=O) groups excluding carboxylic acids is 2.